The van der Waals surface area contributed by atoms with Gasteiger partial charge in [0.25, 0.3) is 10.2 Å². The Kier molecular flexibility index (Phi) is 12.2. The van der Waals surface area contributed by atoms with Gasteiger partial charge < -0.3 is 10.4 Å². The molecule has 0 aromatic carbocycles. The fourth-order valence-corrected chi connectivity index (χ4v) is 3.27. The van der Waals surface area contributed by atoms with E-state index in [0.29, 0.717) is 0 Å². The van der Waals surface area contributed by atoms with Gasteiger partial charge in [-0.05, 0) is 0 Å². The summed E-state index contributed by atoms with van der Waals surface area (Å²) < 4.78 is 14.2. The Morgan fingerprint density at radius 3 is 1.30 bits per heavy atom. The van der Waals surface area contributed by atoms with Crippen LogP contribution in [0.5, 0.6) is 0 Å². The predicted octanol–water partition coefficient (Wildman–Crippen LogP) is 0.785. The van der Waals surface area contributed by atoms with E-state index >= 15 is 0 Å². The van der Waals surface area contributed by atoms with Crippen LogP contribution in [0.25, 0.3) is 0 Å². The van der Waals surface area contributed by atoms with E-state index in [0.717, 1.165) is 65.5 Å². The van der Waals surface area contributed by atoms with E-state index in [1.807, 2.05) is 0 Å². The van der Waals surface area contributed by atoms with Crippen LogP contribution in [0.1, 0.15) is 13.8 Å². The van der Waals surface area contributed by atoms with Crippen molar-refractivity contribution in [3.05, 3.63) is 20.2 Å². The van der Waals surface area contributed by atoms with E-state index in [2.05, 4.69) is 13.8 Å². The SMILES string of the molecule is CC1([CH2][Hg])COC(C)([CH2][Hg])CO1.O=[N+]([O-])O.O=[N+]([O-])O. The molecule has 1 heterocycles. The Balaban J connectivity index is 0. The second-order valence-electron chi connectivity index (χ2n) is 4.45. The van der Waals surface area contributed by atoms with Crippen LogP contribution in [-0.4, -0.2) is 45.0 Å². The van der Waals surface area contributed by atoms with Crippen molar-refractivity contribution < 1.29 is 82.3 Å². The molecule has 1 rings (SSSR count). The summed E-state index contributed by atoms with van der Waals surface area (Å²) in [6.45, 7) is 5.98. The number of hydrogen-bond donors (Lipinski definition) is 2. The van der Waals surface area contributed by atoms with Crippen molar-refractivity contribution >= 4 is 0 Å². The van der Waals surface area contributed by atoms with Crippen LogP contribution >= 0.6 is 0 Å². The maximum atomic E-state index is 8.36. The maximum Gasteiger partial charge on any atom is 0.291 e. The molecule has 0 aliphatic carbocycles. The van der Waals surface area contributed by atoms with E-state index in [1.165, 1.54) is 7.86 Å². The molecule has 1 aliphatic heterocycles. The Hall–Kier alpha value is 0.190. The summed E-state index contributed by atoms with van der Waals surface area (Å²) in [6.07, 6.45) is 0. The minimum absolute atomic E-state index is 0.0611. The van der Waals surface area contributed by atoms with E-state index in [4.69, 9.17) is 40.1 Å². The van der Waals surface area contributed by atoms with Gasteiger partial charge >= 0.3 is 108 Å². The molecule has 1 saturated heterocycles. The molecule has 0 spiro atoms. The first-order valence-electron chi connectivity index (χ1n) is 5.53. The van der Waals surface area contributed by atoms with E-state index in [-0.39, 0.29) is 11.2 Å². The van der Waals surface area contributed by atoms with Gasteiger partial charge in [-0.25, -0.2) is 0 Å². The molecule has 2 atom stereocenters. The number of rotatable bonds is 2. The van der Waals surface area contributed by atoms with Crippen LogP contribution < -0.4 is 0 Å². The van der Waals surface area contributed by atoms with Gasteiger partial charge in [-0.15, -0.1) is 20.2 Å². The monoisotopic (exact) mass is 672 g/mol. The van der Waals surface area contributed by atoms with Crippen molar-refractivity contribution in [1.82, 2.24) is 0 Å². The van der Waals surface area contributed by atoms with Gasteiger partial charge in [0, 0.05) is 0 Å². The summed E-state index contributed by atoms with van der Waals surface area (Å²) in [7, 11) is 0. The molecule has 20 heavy (non-hydrogen) atoms. The van der Waals surface area contributed by atoms with Crippen LogP contribution in [0.4, 0.5) is 0 Å². The van der Waals surface area contributed by atoms with Crippen LogP contribution in [0, 0.1) is 20.2 Å². The van der Waals surface area contributed by atoms with E-state index in [1.54, 1.807) is 0 Å². The largest absolute Gasteiger partial charge is 0.328 e. The number of ether oxygens (including phenoxy) is 2. The zero-order valence-electron chi connectivity index (χ0n) is 11.5. The predicted molar refractivity (Wildman–Crippen MR) is 55.9 cm³/mol. The summed E-state index contributed by atoms with van der Waals surface area (Å²) in [5, 5.41) is 27.3. The molecule has 0 amide bonds. The standard InChI is InChI=1S/C8H14O2.2Hg.2HNO3/c1-7(2)5-10-8(3,4)6-9-7;;;2*2-1(3)4/h1,3,5-6H2,2,4H3;;;2*(H,2,3,4). The number of nitrogens with zero attached hydrogens (tertiary/aromatic N) is 2. The summed E-state index contributed by atoms with van der Waals surface area (Å²) in [6, 6.07) is 0. The zero-order valence-corrected chi connectivity index (χ0v) is 22.5. The number of hydrogen-bond acceptors (Lipinski definition) is 6. The molecule has 2 unspecified atom stereocenters. The van der Waals surface area contributed by atoms with Crippen molar-refractivity contribution in [2.75, 3.05) is 13.2 Å². The first-order chi connectivity index (χ1) is 9.00. The molecule has 12 heteroatoms. The van der Waals surface area contributed by atoms with Crippen molar-refractivity contribution in [2.24, 2.45) is 0 Å². The summed E-state index contributed by atoms with van der Waals surface area (Å²) in [5.41, 5.74) is 0.122. The molecule has 10 nitrogen and oxygen atoms in total. The Morgan fingerprint density at radius 2 is 1.20 bits per heavy atom. The third-order valence-corrected chi connectivity index (χ3v) is 10.7. The Labute approximate surface area is 148 Å². The zero-order chi connectivity index (χ0) is 16.4. The molecular formula is C8H16Hg2N2O8. The minimum atomic E-state index is -1.50. The van der Waals surface area contributed by atoms with Gasteiger partial charge in [0.1, 0.15) is 0 Å². The van der Waals surface area contributed by atoms with Crippen LogP contribution in [0.15, 0.2) is 0 Å². The van der Waals surface area contributed by atoms with Gasteiger partial charge in [-0.3, -0.25) is 0 Å². The van der Waals surface area contributed by atoms with Gasteiger partial charge in [0.15, 0.2) is 0 Å². The van der Waals surface area contributed by atoms with Crippen molar-refractivity contribution in [3.8, 4) is 0 Å². The first kappa shape index (κ1) is 22.5. The third-order valence-electron chi connectivity index (χ3n) is 2.51. The molecule has 0 aromatic heterocycles. The maximum absolute atomic E-state index is 8.36. The minimum Gasteiger partial charge on any atom is -0.328 e. The quantitative estimate of drug-likeness (QED) is 0.250. The normalized spacial score (nSPS) is 28.3. The smallest absolute Gasteiger partial charge is 0.291 e. The van der Waals surface area contributed by atoms with Gasteiger partial charge in [-0.2, -0.15) is 0 Å². The van der Waals surface area contributed by atoms with Crippen LogP contribution in [0.2, 0.25) is 7.86 Å². The summed E-state index contributed by atoms with van der Waals surface area (Å²) >= 11 is 1.63. The average molecular weight is 669 g/mol. The Bertz CT molecular complexity index is 271. The third kappa shape index (κ3) is 13.2. The Morgan fingerprint density at radius 1 is 1.00 bits per heavy atom. The topological polar surface area (TPSA) is 145 Å². The van der Waals surface area contributed by atoms with Crippen LogP contribution in [0.3, 0.4) is 0 Å². The molecular weight excluding hydrogens is 653 g/mol. The van der Waals surface area contributed by atoms with Gasteiger partial charge in [0.2, 0.25) is 0 Å². The van der Waals surface area contributed by atoms with Crippen molar-refractivity contribution in [2.45, 2.75) is 32.9 Å². The van der Waals surface area contributed by atoms with Gasteiger partial charge in [-0.1, -0.05) is 0 Å². The van der Waals surface area contributed by atoms with Crippen molar-refractivity contribution in [1.29, 1.82) is 0 Å². The van der Waals surface area contributed by atoms with E-state index < -0.39 is 10.2 Å². The van der Waals surface area contributed by atoms with E-state index in [9.17, 15) is 0 Å². The van der Waals surface area contributed by atoms with Crippen LogP contribution in [-0.2, 0) is 61.7 Å². The molecule has 1 aliphatic rings. The second kappa shape index (κ2) is 10.9. The summed E-state index contributed by atoms with van der Waals surface area (Å²) in [5.74, 6) is 0. The molecule has 0 radical (unpaired) electrons. The molecule has 0 bridgehead atoms. The molecule has 110 valence electrons. The van der Waals surface area contributed by atoms with Gasteiger partial charge in [0.05, 0.1) is 0 Å². The average Bonchev–Trinajstić information content (AvgIpc) is 2.32. The fraction of sp³-hybridized carbons (Fsp3) is 1.00. The molecule has 2 N–H and O–H groups in total. The first-order valence-corrected chi connectivity index (χ1v) is 13.3. The van der Waals surface area contributed by atoms with Crippen molar-refractivity contribution in [3.63, 3.8) is 0 Å². The molecule has 0 aromatic rings. The molecule has 1 fully saturated rings. The second-order valence-corrected chi connectivity index (χ2v) is 8.34. The fourth-order valence-electron chi connectivity index (χ4n) is 1.03. The summed E-state index contributed by atoms with van der Waals surface area (Å²) in [4.78, 5) is 16.7. The molecule has 0 saturated carbocycles.